The van der Waals surface area contributed by atoms with Gasteiger partial charge in [0.15, 0.2) is 6.61 Å². The number of carbonyl (C=O) groups is 2. The molecule has 36 heavy (non-hydrogen) atoms. The molecule has 5 heteroatoms. The lowest BCUT2D eigenvalue weighted by atomic mass is 9.86. The van der Waals surface area contributed by atoms with Crippen LogP contribution in [0.1, 0.15) is 49.9 Å². The van der Waals surface area contributed by atoms with Gasteiger partial charge in [-0.25, -0.2) is 0 Å². The maximum absolute atomic E-state index is 13.8. The molecule has 0 aliphatic heterocycles. The van der Waals surface area contributed by atoms with E-state index in [4.69, 9.17) is 4.74 Å². The van der Waals surface area contributed by atoms with Crippen molar-refractivity contribution in [3.63, 3.8) is 0 Å². The van der Waals surface area contributed by atoms with Gasteiger partial charge in [-0.2, -0.15) is 0 Å². The lowest BCUT2D eigenvalue weighted by molar-refractivity contribution is -0.142. The second-order valence-electron chi connectivity index (χ2n) is 10.1. The Bertz CT molecular complexity index is 1150. The van der Waals surface area contributed by atoms with E-state index in [1.165, 1.54) is 0 Å². The van der Waals surface area contributed by atoms with Crippen molar-refractivity contribution in [3.05, 3.63) is 101 Å². The van der Waals surface area contributed by atoms with Gasteiger partial charge >= 0.3 is 0 Å². The predicted octanol–water partition coefficient (Wildman–Crippen LogP) is 5.45. The van der Waals surface area contributed by atoms with Crippen LogP contribution in [-0.4, -0.2) is 35.9 Å². The first-order chi connectivity index (χ1) is 17.2. The van der Waals surface area contributed by atoms with Gasteiger partial charge in [0, 0.05) is 19.5 Å². The van der Waals surface area contributed by atoms with Gasteiger partial charge < -0.3 is 15.0 Å². The zero-order valence-electron chi connectivity index (χ0n) is 22.1. The third-order valence-electron chi connectivity index (χ3n) is 6.27. The van der Waals surface area contributed by atoms with Gasteiger partial charge in [-0.15, -0.1) is 0 Å². The molecule has 0 heterocycles. The van der Waals surface area contributed by atoms with Crippen molar-refractivity contribution < 1.29 is 14.3 Å². The zero-order valence-corrected chi connectivity index (χ0v) is 22.1. The van der Waals surface area contributed by atoms with Gasteiger partial charge in [0.05, 0.1) is 0 Å². The minimum atomic E-state index is -0.666. The standard InChI is InChI=1S/C31H38N2O3/c1-6-32-30(35)27(20-24-15-8-7-9-16-24)33(21-25-17-11-10-14-23(25)2)29(34)22-36-28-19-13-12-18-26(28)31(3,4)5/h7-19,27H,6,20-22H2,1-5H3,(H,32,35)/t27-/m0/s1. The summed E-state index contributed by atoms with van der Waals surface area (Å²) in [4.78, 5) is 28.7. The van der Waals surface area contributed by atoms with E-state index >= 15 is 0 Å². The minimum Gasteiger partial charge on any atom is -0.483 e. The third-order valence-corrected chi connectivity index (χ3v) is 6.27. The monoisotopic (exact) mass is 486 g/mol. The molecule has 1 N–H and O–H groups in total. The maximum Gasteiger partial charge on any atom is 0.261 e. The lowest BCUT2D eigenvalue weighted by Gasteiger charge is -2.32. The molecule has 3 rings (SSSR count). The van der Waals surface area contributed by atoms with Crippen molar-refractivity contribution in [3.8, 4) is 5.75 Å². The van der Waals surface area contributed by atoms with Crippen molar-refractivity contribution in [1.29, 1.82) is 0 Å². The Balaban J connectivity index is 1.93. The average Bonchev–Trinajstić information content (AvgIpc) is 2.86. The molecule has 0 saturated carbocycles. The molecule has 0 aromatic heterocycles. The number of benzene rings is 3. The fraction of sp³-hybridized carbons (Fsp3) is 0.355. The van der Waals surface area contributed by atoms with E-state index in [1.54, 1.807) is 4.90 Å². The summed E-state index contributed by atoms with van der Waals surface area (Å²) in [6.07, 6.45) is 0.420. The van der Waals surface area contributed by atoms with Gasteiger partial charge in [-0.3, -0.25) is 9.59 Å². The number of para-hydroxylation sites is 1. The van der Waals surface area contributed by atoms with Crippen molar-refractivity contribution in [1.82, 2.24) is 10.2 Å². The molecule has 0 spiro atoms. The number of ether oxygens (including phenoxy) is 1. The first-order valence-corrected chi connectivity index (χ1v) is 12.6. The van der Waals surface area contributed by atoms with E-state index in [1.807, 2.05) is 92.7 Å². The van der Waals surface area contributed by atoms with Gasteiger partial charge in [-0.1, -0.05) is 93.6 Å². The normalized spacial score (nSPS) is 12.0. The van der Waals surface area contributed by atoms with Gasteiger partial charge in [0.1, 0.15) is 11.8 Å². The van der Waals surface area contributed by atoms with Crippen molar-refractivity contribution in [2.75, 3.05) is 13.2 Å². The van der Waals surface area contributed by atoms with Crippen molar-refractivity contribution >= 4 is 11.8 Å². The lowest BCUT2D eigenvalue weighted by Crippen LogP contribution is -2.51. The number of nitrogens with one attached hydrogen (secondary N) is 1. The second-order valence-corrected chi connectivity index (χ2v) is 10.1. The minimum absolute atomic E-state index is 0.128. The molecular formula is C31H38N2O3. The molecule has 190 valence electrons. The summed E-state index contributed by atoms with van der Waals surface area (Å²) >= 11 is 0. The largest absolute Gasteiger partial charge is 0.483 e. The Kier molecular flexibility index (Phi) is 9.29. The second kappa shape index (κ2) is 12.4. The topological polar surface area (TPSA) is 58.6 Å². The number of nitrogens with zero attached hydrogens (tertiary/aromatic N) is 1. The van der Waals surface area contributed by atoms with Crippen LogP contribution < -0.4 is 10.1 Å². The Morgan fingerprint density at radius 3 is 2.22 bits per heavy atom. The first kappa shape index (κ1) is 27.0. The highest BCUT2D eigenvalue weighted by Crippen LogP contribution is 2.31. The van der Waals surface area contributed by atoms with E-state index < -0.39 is 6.04 Å². The van der Waals surface area contributed by atoms with E-state index in [9.17, 15) is 9.59 Å². The molecular weight excluding hydrogens is 448 g/mol. The maximum atomic E-state index is 13.8. The SMILES string of the molecule is CCNC(=O)[C@H](Cc1ccccc1)N(Cc1ccccc1C)C(=O)COc1ccccc1C(C)(C)C. The molecule has 5 nitrogen and oxygen atoms in total. The van der Waals surface area contributed by atoms with Crippen LogP contribution in [-0.2, 0) is 28.0 Å². The van der Waals surface area contributed by atoms with Gasteiger partial charge in [0.25, 0.3) is 5.91 Å². The molecule has 0 radical (unpaired) electrons. The van der Waals surface area contributed by atoms with Crippen molar-refractivity contribution in [2.24, 2.45) is 0 Å². The summed E-state index contributed by atoms with van der Waals surface area (Å²) < 4.78 is 6.09. The molecule has 0 saturated heterocycles. The smallest absolute Gasteiger partial charge is 0.261 e. The molecule has 0 aliphatic rings. The third kappa shape index (κ3) is 7.20. The summed E-state index contributed by atoms with van der Waals surface area (Å²) in [7, 11) is 0. The number of hydrogen-bond donors (Lipinski definition) is 1. The van der Waals surface area contributed by atoms with Crippen LogP contribution in [0.25, 0.3) is 0 Å². The number of carbonyl (C=O) groups excluding carboxylic acids is 2. The Morgan fingerprint density at radius 1 is 0.917 bits per heavy atom. The van der Waals surface area contributed by atoms with E-state index in [0.717, 1.165) is 22.3 Å². The molecule has 2 amide bonds. The molecule has 0 bridgehead atoms. The van der Waals surface area contributed by atoms with E-state index in [-0.39, 0.29) is 23.8 Å². The van der Waals surface area contributed by atoms with Crippen LogP contribution in [0.4, 0.5) is 0 Å². The molecule has 1 atom stereocenters. The summed E-state index contributed by atoms with van der Waals surface area (Å²) in [5.41, 5.74) is 3.98. The van der Waals surface area contributed by atoms with Crippen LogP contribution in [0, 0.1) is 6.92 Å². The first-order valence-electron chi connectivity index (χ1n) is 12.6. The van der Waals surface area contributed by atoms with E-state index in [2.05, 4.69) is 26.1 Å². The molecule has 0 aliphatic carbocycles. The summed E-state index contributed by atoms with van der Waals surface area (Å²) in [5.74, 6) is 0.291. The Labute approximate surface area is 215 Å². The van der Waals surface area contributed by atoms with Crippen molar-refractivity contribution in [2.45, 2.75) is 59.0 Å². The number of likely N-dealkylation sites (N-methyl/N-ethyl adjacent to an activating group) is 1. The van der Waals surface area contributed by atoms with Crippen LogP contribution >= 0.6 is 0 Å². The van der Waals surface area contributed by atoms with Gasteiger partial charge in [0.2, 0.25) is 5.91 Å². The molecule has 0 unspecified atom stereocenters. The predicted molar refractivity (Wildman–Crippen MR) is 145 cm³/mol. The molecule has 3 aromatic rings. The number of rotatable bonds is 10. The van der Waals surface area contributed by atoms with Crippen LogP contribution in [0.3, 0.4) is 0 Å². The Hall–Kier alpha value is -3.60. The fourth-order valence-corrected chi connectivity index (χ4v) is 4.25. The summed E-state index contributed by atoms with van der Waals surface area (Å²) in [6, 6.07) is 24.9. The van der Waals surface area contributed by atoms with Crippen LogP contribution in [0.15, 0.2) is 78.9 Å². The average molecular weight is 487 g/mol. The quantitative estimate of drug-likeness (QED) is 0.415. The highest BCUT2D eigenvalue weighted by atomic mass is 16.5. The van der Waals surface area contributed by atoms with Crippen LogP contribution in [0.5, 0.6) is 5.75 Å². The van der Waals surface area contributed by atoms with E-state index in [0.29, 0.717) is 25.3 Å². The number of hydrogen-bond acceptors (Lipinski definition) is 3. The molecule has 3 aromatic carbocycles. The summed E-state index contributed by atoms with van der Waals surface area (Å²) in [6.45, 7) is 10.9. The zero-order chi connectivity index (χ0) is 26.1. The molecule has 0 fully saturated rings. The number of amides is 2. The highest BCUT2D eigenvalue weighted by Gasteiger charge is 2.31. The highest BCUT2D eigenvalue weighted by molar-refractivity contribution is 5.88. The number of aryl methyl sites for hydroxylation is 1. The van der Waals surface area contributed by atoms with Crippen LogP contribution in [0.2, 0.25) is 0 Å². The van der Waals surface area contributed by atoms with Gasteiger partial charge in [-0.05, 0) is 47.6 Å². The Morgan fingerprint density at radius 2 is 1.56 bits per heavy atom. The fourth-order valence-electron chi connectivity index (χ4n) is 4.25. The summed E-state index contributed by atoms with van der Waals surface area (Å²) in [5, 5.41) is 2.93.